The summed E-state index contributed by atoms with van der Waals surface area (Å²) < 4.78 is 0.945. The van der Waals surface area contributed by atoms with E-state index < -0.39 is 0 Å². The molecule has 2 aromatic carbocycles. The second-order valence-corrected chi connectivity index (χ2v) is 6.73. The predicted molar refractivity (Wildman–Crippen MR) is 94.7 cm³/mol. The Kier molecular flexibility index (Phi) is 4.68. The van der Waals surface area contributed by atoms with E-state index in [2.05, 4.69) is 21.2 Å². The van der Waals surface area contributed by atoms with Crippen LogP contribution < -0.4 is 10.2 Å². The summed E-state index contributed by atoms with van der Waals surface area (Å²) in [6.07, 6.45) is 0.213. The van der Waals surface area contributed by atoms with E-state index in [1.165, 1.54) is 0 Å². The molecule has 0 bridgehead atoms. The number of hydrogen-bond donors (Lipinski definition) is 1. The largest absolute Gasteiger partial charge is 0.326 e. The van der Waals surface area contributed by atoms with E-state index in [0.717, 1.165) is 15.8 Å². The number of nitrogens with zero attached hydrogens (tertiary/aromatic N) is 1. The number of nitrogens with one attached hydrogen (secondary N) is 1. The van der Waals surface area contributed by atoms with Gasteiger partial charge in [0, 0.05) is 33.8 Å². The Balaban J connectivity index is 1.68. The van der Waals surface area contributed by atoms with Crippen LogP contribution in [0.4, 0.5) is 11.4 Å². The number of amides is 2. The number of rotatable bonds is 3. The number of carbonyl (C=O) groups is 2. The smallest absolute Gasteiger partial charge is 0.229 e. The Morgan fingerprint density at radius 2 is 1.78 bits per heavy atom. The maximum absolute atomic E-state index is 12.4. The molecule has 1 atom stereocenters. The van der Waals surface area contributed by atoms with Gasteiger partial charge in [-0.3, -0.25) is 9.59 Å². The lowest BCUT2D eigenvalue weighted by Gasteiger charge is -2.16. The van der Waals surface area contributed by atoms with Crippen LogP contribution in [-0.4, -0.2) is 18.4 Å². The molecule has 0 aliphatic carbocycles. The molecule has 6 heteroatoms. The number of halogens is 2. The highest BCUT2D eigenvalue weighted by Gasteiger charge is 2.35. The molecule has 1 unspecified atom stereocenters. The van der Waals surface area contributed by atoms with Gasteiger partial charge in [-0.05, 0) is 48.5 Å². The predicted octanol–water partition coefficient (Wildman–Crippen LogP) is 4.09. The van der Waals surface area contributed by atoms with Crippen molar-refractivity contribution in [3.63, 3.8) is 0 Å². The summed E-state index contributed by atoms with van der Waals surface area (Å²) in [6.45, 7) is 0.378. The van der Waals surface area contributed by atoms with Crippen LogP contribution in [0.1, 0.15) is 6.42 Å². The molecule has 1 aliphatic rings. The van der Waals surface area contributed by atoms with Crippen molar-refractivity contribution in [3.05, 3.63) is 58.0 Å². The minimum absolute atomic E-state index is 0.0525. The van der Waals surface area contributed by atoms with Gasteiger partial charge in [-0.15, -0.1) is 0 Å². The third-order valence-corrected chi connectivity index (χ3v) is 4.53. The monoisotopic (exact) mass is 392 g/mol. The van der Waals surface area contributed by atoms with Gasteiger partial charge in [0.2, 0.25) is 11.8 Å². The van der Waals surface area contributed by atoms with Gasteiger partial charge in [-0.25, -0.2) is 0 Å². The molecule has 0 saturated carbocycles. The molecule has 2 amide bonds. The van der Waals surface area contributed by atoms with Crippen molar-refractivity contribution in [1.82, 2.24) is 0 Å². The van der Waals surface area contributed by atoms with Gasteiger partial charge in [0.1, 0.15) is 0 Å². The highest BCUT2D eigenvalue weighted by Crippen LogP contribution is 2.27. The van der Waals surface area contributed by atoms with Crippen molar-refractivity contribution in [2.75, 3.05) is 16.8 Å². The molecule has 2 aromatic rings. The molecule has 0 aromatic heterocycles. The van der Waals surface area contributed by atoms with Crippen LogP contribution in [0.2, 0.25) is 5.02 Å². The summed E-state index contributed by atoms with van der Waals surface area (Å²) >= 11 is 9.22. The van der Waals surface area contributed by atoms with Crippen LogP contribution >= 0.6 is 27.5 Å². The standard InChI is InChI=1S/C17H14BrClN2O2/c18-12-1-5-14(6-2-12)20-17(23)11-9-16(22)21(10-11)15-7-3-13(19)4-8-15/h1-8,11H,9-10H2,(H,20,23). The van der Waals surface area contributed by atoms with Gasteiger partial charge >= 0.3 is 0 Å². The lowest BCUT2D eigenvalue weighted by Crippen LogP contribution is -2.28. The van der Waals surface area contributed by atoms with Crippen LogP contribution in [0.25, 0.3) is 0 Å². The van der Waals surface area contributed by atoms with Crippen LogP contribution in [0.15, 0.2) is 53.0 Å². The maximum Gasteiger partial charge on any atom is 0.229 e. The normalized spacial score (nSPS) is 17.4. The first-order valence-electron chi connectivity index (χ1n) is 7.15. The van der Waals surface area contributed by atoms with Crippen LogP contribution in [-0.2, 0) is 9.59 Å². The first-order valence-corrected chi connectivity index (χ1v) is 8.32. The Bertz CT molecular complexity index is 731. The fourth-order valence-electron chi connectivity index (χ4n) is 2.53. The van der Waals surface area contributed by atoms with Crippen molar-refractivity contribution < 1.29 is 9.59 Å². The molecule has 23 heavy (non-hydrogen) atoms. The molecule has 118 valence electrons. The van der Waals surface area contributed by atoms with Crippen LogP contribution in [0.3, 0.4) is 0 Å². The van der Waals surface area contributed by atoms with Crippen molar-refractivity contribution in [2.24, 2.45) is 5.92 Å². The average molecular weight is 394 g/mol. The van der Waals surface area contributed by atoms with E-state index in [1.54, 1.807) is 29.2 Å². The molecule has 1 saturated heterocycles. The highest BCUT2D eigenvalue weighted by atomic mass is 79.9. The molecule has 1 heterocycles. The zero-order valence-electron chi connectivity index (χ0n) is 12.1. The first kappa shape index (κ1) is 16.0. The van der Waals surface area contributed by atoms with Crippen molar-refractivity contribution in [3.8, 4) is 0 Å². The molecule has 0 radical (unpaired) electrons. The Labute approximate surface area is 147 Å². The SMILES string of the molecule is O=C(Nc1ccc(Br)cc1)C1CC(=O)N(c2ccc(Cl)cc2)C1. The van der Waals surface area contributed by atoms with E-state index >= 15 is 0 Å². The fraction of sp³-hybridized carbons (Fsp3) is 0.176. The Morgan fingerprint density at radius 1 is 1.13 bits per heavy atom. The third kappa shape index (κ3) is 3.74. The van der Waals surface area contributed by atoms with E-state index in [4.69, 9.17) is 11.6 Å². The zero-order valence-corrected chi connectivity index (χ0v) is 14.5. The number of anilines is 2. The molecule has 1 N–H and O–H groups in total. The van der Waals surface area contributed by atoms with E-state index in [9.17, 15) is 9.59 Å². The zero-order chi connectivity index (χ0) is 16.4. The molecular weight excluding hydrogens is 380 g/mol. The molecule has 1 aliphatic heterocycles. The van der Waals surface area contributed by atoms with Crippen molar-refractivity contribution in [1.29, 1.82) is 0 Å². The lowest BCUT2D eigenvalue weighted by molar-refractivity contribution is -0.122. The topological polar surface area (TPSA) is 49.4 Å². The first-order chi connectivity index (χ1) is 11.0. The maximum atomic E-state index is 12.4. The van der Waals surface area contributed by atoms with Crippen LogP contribution in [0.5, 0.6) is 0 Å². The Morgan fingerprint density at radius 3 is 2.43 bits per heavy atom. The van der Waals surface area contributed by atoms with E-state index in [0.29, 0.717) is 11.6 Å². The summed E-state index contributed by atoms with van der Waals surface area (Å²) in [4.78, 5) is 26.2. The number of carbonyl (C=O) groups excluding carboxylic acids is 2. The quantitative estimate of drug-likeness (QED) is 0.854. The van der Waals surface area contributed by atoms with E-state index in [1.807, 2.05) is 24.3 Å². The minimum atomic E-state index is -0.359. The van der Waals surface area contributed by atoms with E-state index in [-0.39, 0.29) is 24.2 Å². The fourth-order valence-corrected chi connectivity index (χ4v) is 2.92. The van der Waals surface area contributed by atoms with Gasteiger partial charge in [-0.2, -0.15) is 0 Å². The minimum Gasteiger partial charge on any atom is -0.326 e. The summed E-state index contributed by atoms with van der Waals surface area (Å²) in [5.74, 6) is -0.553. The van der Waals surface area contributed by atoms with Gasteiger partial charge in [-0.1, -0.05) is 27.5 Å². The lowest BCUT2D eigenvalue weighted by atomic mass is 10.1. The molecular formula is C17H14BrClN2O2. The third-order valence-electron chi connectivity index (χ3n) is 3.75. The highest BCUT2D eigenvalue weighted by molar-refractivity contribution is 9.10. The molecule has 3 rings (SSSR count). The van der Waals surface area contributed by atoms with Crippen molar-refractivity contribution >= 4 is 50.7 Å². The molecule has 4 nitrogen and oxygen atoms in total. The second kappa shape index (κ2) is 6.72. The van der Waals surface area contributed by atoms with Gasteiger partial charge < -0.3 is 10.2 Å². The van der Waals surface area contributed by atoms with Crippen LogP contribution in [0, 0.1) is 5.92 Å². The van der Waals surface area contributed by atoms with Gasteiger partial charge in [0.15, 0.2) is 0 Å². The molecule has 0 spiro atoms. The van der Waals surface area contributed by atoms with Crippen molar-refractivity contribution in [2.45, 2.75) is 6.42 Å². The Hall–Kier alpha value is -1.85. The molecule has 1 fully saturated rings. The van der Waals surface area contributed by atoms with Gasteiger partial charge in [0.25, 0.3) is 0 Å². The second-order valence-electron chi connectivity index (χ2n) is 5.38. The van der Waals surface area contributed by atoms with Gasteiger partial charge in [0.05, 0.1) is 5.92 Å². The summed E-state index contributed by atoms with van der Waals surface area (Å²) in [5.41, 5.74) is 1.48. The summed E-state index contributed by atoms with van der Waals surface area (Å²) in [5, 5.41) is 3.47. The summed E-state index contributed by atoms with van der Waals surface area (Å²) in [7, 11) is 0. The number of benzene rings is 2. The average Bonchev–Trinajstić information content (AvgIpc) is 2.92. The number of hydrogen-bond acceptors (Lipinski definition) is 2. The summed E-state index contributed by atoms with van der Waals surface area (Å²) in [6, 6.07) is 14.4.